The van der Waals surface area contributed by atoms with Crippen LogP contribution < -0.4 is 0 Å². The number of hydrogen-bond acceptors (Lipinski definition) is 4. The van der Waals surface area contributed by atoms with Gasteiger partial charge in [0.15, 0.2) is 0 Å². The molecule has 2 heterocycles. The quantitative estimate of drug-likeness (QED) is 0.562. The lowest BCUT2D eigenvalue weighted by atomic mass is 10.1. The lowest BCUT2D eigenvalue weighted by molar-refractivity contribution is 0.0697. The molecule has 0 spiro atoms. The summed E-state index contributed by atoms with van der Waals surface area (Å²) in [5, 5.41) is 9.34. The molecule has 0 aliphatic carbocycles. The molecule has 4 rings (SSSR count). The summed E-state index contributed by atoms with van der Waals surface area (Å²) in [6, 6.07) is 13.9. The number of rotatable bonds is 7. The lowest BCUT2D eigenvalue weighted by Crippen LogP contribution is -2.29. The first-order valence-corrected chi connectivity index (χ1v) is 12.1. The molecule has 1 aliphatic rings. The Hall–Kier alpha value is -2.68. The largest absolute Gasteiger partial charge is 0.478 e. The Kier molecular flexibility index (Phi) is 6.71. The molecule has 3 aromatic rings. The van der Waals surface area contributed by atoms with Gasteiger partial charge in [-0.2, -0.15) is 0 Å². The maximum Gasteiger partial charge on any atom is 0.335 e. The molecule has 0 unspecified atom stereocenters. The van der Waals surface area contributed by atoms with Crippen molar-refractivity contribution in [2.24, 2.45) is 0 Å². The van der Waals surface area contributed by atoms with Gasteiger partial charge in [0.25, 0.3) is 0 Å². The van der Waals surface area contributed by atoms with Crippen LogP contribution in [0.2, 0.25) is 0 Å². The molecule has 8 heteroatoms. The number of carboxylic acids is 1. The molecule has 2 N–H and O–H groups in total. The van der Waals surface area contributed by atoms with E-state index in [-0.39, 0.29) is 5.75 Å². The van der Waals surface area contributed by atoms with Crippen molar-refractivity contribution in [1.82, 2.24) is 14.2 Å². The number of fused-ring (bicyclic) bond motifs is 1. The fourth-order valence-electron chi connectivity index (χ4n) is 3.66. The highest BCUT2D eigenvalue weighted by atomic mass is 32.2. The molecule has 1 fully saturated rings. The van der Waals surface area contributed by atoms with Crippen LogP contribution in [0.25, 0.3) is 10.9 Å². The zero-order valence-electron chi connectivity index (χ0n) is 21.1. The van der Waals surface area contributed by atoms with E-state index in [4.69, 9.17) is 9.22 Å². The Morgan fingerprint density at radius 3 is 2.53 bits per heavy atom. The van der Waals surface area contributed by atoms with Gasteiger partial charge in [-0.15, -0.1) is 0 Å². The highest BCUT2D eigenvalue weighted by Crippen LogP contribution is 2.23. The van der Waals surface area contributed by atoms with Crippen LogP contribution in [0.1, 0.15) is 38.4 Å². The number of aromatic nitrogens is 1. The predicted molar refractivity (Wildman–Crippen MR) is 127 cm³/mol. The van der Waals surface area contributed by atoms with Crippen molar-refractivity contribution in [2.75, 3.05) is 33.7 Å². The first kappa shape index (κ1) is 20.0. The maximum absolute atomic E-state index is 12.5. The summed E-state index contributed by atoms with van der Waals surface area (Å²) in [6.45, 7) is -0.482. The maximum atomic E-state index is 12.5. The van der Waals surface area contributed by atoms with E-state index in [2.05, 4.69) is 4.98 Å². The van der Waals surface area contributed by atoms with Gasteiger partial charge in [0.2, 0.25) is 10.0 Å². The monoisotopic (exact) mass is 460 g/mol. The van der Waals surface area contributed by atoms with Gasteiger partial charge >= 0.3 is 5.97 Å². The topological polar surface area (TPSA) is 93.7 Å². The van der Waals surface area contributed by atoms with E-state index >= 15 is 0 Å². The third kappa shape index (κ3) is 6.41. The fraction of sp³-hybridized carbons (Fsp3) is 0.375. The van der Waals surface area contributed by atoms with E-state index in [9.17, 15) is 13.2 Å². The van der Waals surface area contributed by atoms with Crippen molar-refractivity contribution in [1.29, 1.82) is 0 Å². The Morgan fingerprint density at radius 2 is 1.91 bits per heavy atom. The molecule has 0 amide bonds. The van der Waals surface area contributed by atoms with E-state index < -0.39 is 23.0 Å². The minimum Gasteiger partial charge on any atom is -0.478 e. The number of benzene rings is 2. The number of aromatic amines is 1. The summed E-state index contributed by atoms with van der Waals surface area (Å²) in [5.41, 5.74) is 3.02. The van der Waals surface area contributed by atoms with E-state index in [1.54, 1.807) is 41.7 Å². The molecular weight excluding hydrogens is 426 g/mol. The normalized spacial score (nSPS) is 16.2. The number of H-pyrrole nitrogens is 1. The number of likely N-dealkylation sites (N-methyl/N-ethyl adjacent to an activating group) is 1. The van der Waals surface area contributed by atoms with E-state index in [1.807, 2.05) is 24.4 Å². The Balaban J connectivity index is 0.000000320. The molecule has 2 aromatic carbocycles. The summed E-state index contributed by atoms with van der Waals surface area (Å²) in [6.07, 6.45) is 4.31. The van der Waals surface area contributed by atoms with Crippen molar-refractivity contribution in [2.45, 2.75) is 25.0 Å². The molecule has 1 aromatic heterocycles. The number of carboxylic acid groups (broad SMARTS) is 1. The number of hydrogen-bond donors (Lipinski definition) is 2. The zero-order chi connectivity index (χ0) is 25.6. The Morgan fingerprint density at radius 1 is 1.19 bits per heavy atom. The number of nitrogens with zero attached hydrogens (tertiary/aromatic N) is 2. The lowest BCUT2D eigenvalue weighted by Gasteiger charge is -2.15. The third-order valence-electron chi connectivity index (χ3n) is 5.38. The second-order valence-corrected chi connectivity index (χ2v) is 9.87. The van der Waals surface area contributed by atoms with Crippen LogP contribution in [0.5, 0.6) is 0 Å². The van der Waals surface area contributed by atoms with Crippen LogP contribution in [0.15, 0.2) is 54.7 Å². The molecule has 32 heavy (non-hydrogen) atoms. The van der Waals surface area contributed by atoms with Gasteiger partial charge in [0.1, 0.15) is 0 Å². The van der Waals surface area contributed by atoms with Gasteiger partial charge in [-0.1, -0.05) is 24.3 Å². The highest BCUT2D eigenvalue weighted by molar-refractivity contribution is 7.88. The van der Waals surface area contributed by atoms with Crippen molar-refractivity contribution in [3.8, 4) is 0 Å². The van der Waals surface area contributed by atoms with Crippen LogP contribution in [0.3, 0.4) is 0 Å². The molecule has 7 nitrogen and oxygen atoms in total. The van der Waals surface area contributed by atoms with Gasteiger partial charge in [-0.05, 0) is 68.7 Å². The van der Waals surface area contributed by atoms with Crippen molar-refractivity contribution in [3.05, 3.63) is 71.4 Å². The second kappa shape index (κ2) is 10.8. The van der Waals surface area contributed by atoms with Crippen molar-refractivity contribution in [3.63, 3.8) is 0 Å². The Bertz CT molecular complexity index is 1240. The predicted octanol–water partition coefficient (Wildman–Crippen LogP) is 3.58. The summed E-state index contributed by atoms with van der Waals surface area (Å²) < 4.78 is 48.9. The van der Waals surface area contributed by atoms with Crippen molar-refractivity contribution >= 4 is 26.9 Å². The molecule has 172 valence electrons. The number of sulfonamides is 1. The minimum atomic E-state index is -3.28. The minimum absolute atomic E-state index is 0.00271. The van der Waals surface area contributed by atoms with Gasteiger partial charge < -0.3 is 15.0 Å². The number of nitrogens with one attached hydrogen (secondary N) is 1. The van der Waals surface area contributed by atoms with Gasteiger partial charge in [0, 0.05) is 40.8 Å². The van der Waals surface area contributed by atoms with Crippen LogP contribution in [-0.2, 0) is 22.2 Å². The SMILES string of the molecule is O=C(O)c1ccccc1.[2H]C([2H])([2H])N(C)CCc1c[nH]c2ccc(CS(=O)(=O)N3CCCC3)cc12. The van der Waals surface area contributed by atoms with Gasteiger partial charge in [0.05, 0.1) is 11.3 Å². The van der Waals surface area contributed by atoms with Gasteiger partial charge in [-0.3, -0.25) is 0 Å². The third-order valence-corrected chi connectivity index (χ3v) is 7.23. The summed E-state index contributed by atoms with van der Waals surface area (Å²) in [4.78, 5) is 14.7. The first-order valence-electron chi connectivity index (χ1n) is 12.0. The van der Waals surface area contributed by atoms with Gasteiger partial charge in [-0.25, -0.2) is 17.5 Å². The molecule has 0 atom stereocenters. The molecule has 1 aliphatic heterocycles. The molecule has 1 saturated heterocycles. The van der Waals surface area contributed by atoms with Crippen LogP contribution in [0.4, 0.5) is 0 Å². The van der Waals surface area contributed by atoms with Crippen LogP contribution in [-0.4, -0.2) is 67.3 Å². The van der Waals surface area contributed by atoms with Crippen LogP contribution in [0, 0.1) is 0 Å². The van der Waals surface area contributed by atoms with E-state index in [1.165, 1.54) is 4.90 Å². The molecular formula is C24H31N3O4S. The standard InChI is InChI=1S/C17H25N3O2S.C7H6O2/c1-19(2)10-7-15-12-18-17-6-5-14(11-16(15)17)13-23(21,22)20-8-3-4-9-20;8-7(9)6-4-2-1-3-5-6/h5-6,11-12,18H,3-4,7-10,13H2,1-2H3;1-5H,(H,8,9)/i1D3;. The highest BCUT2D eigenvalue weighted by Gasteiger charge is 2.25. The van der Waals surface area contributed by atoms with E-state index in [0.717, 1.165) is 34.9 Å². The van der Waals surface area contributed by atoms with E-state index in [0.29, 0.717) is 31.6 Å². The smallest absolute Gasteiger partial charge is 0.335 e. The fourth-order valence-corrected chi connectivity index (χ4v) is 5.26. The first-order chi connectivity index (χ1) is 16.5. The van der Waals surface area contributed by atoms with Crippen molar-refractivity contribution < 1.29 is 22.4 Å². The summed E-state index contributed by atoms with van der Waals surface area (Å²) in [5.74, 6) is -0.876. The van der Waals surface area contributed by atoms with Crippen LogP contribution >= 0.6 is 0 Å². The average molecular weight is 461 g/mol. The molecule has 0 bridgehead atoms. The summed E-state index contributed by atoms with van der Waals surface area (Å²) in [7, 11) is -1.70. The summed E-state index contributed by atoms with van der Waals surface area (Å²) >= 11 is 0. The molecule has 0 radical (unpaired) electrons. The number of carbonyl (C=O) groups is 1. The number of aromatic carboxylic acids is 1. The zero-order valence-corrected chi connectivity index (χ0v) is 18.9. The second-order valence-electron chi connectivity index (χ2n) is 7.90. The molecule has 0 saturated carbocycles. The Labute approximate surface area is 193 Å². The average Bonchev–Trinajstić information content (AvgIpc) is 3.48.